The van der Waals surface area contributed by atoms with Crippen LogP contribution in [0.25, 0.3) is 21.0 Å². The number of aryl methyl sites for hydroxylation is 1. The van der Waals surface area contributed by atoms with Crippen molar-refractivity contribution in [3.63, 3.8) is 0 Å². The third-order valence-electron chi connectivity index (χ3n) is 3.80. The third kappa shape index (κ3) is 2.18. The van der Waals surface area contributed by atoms with Gasteiger partial charge in [-0.2, -0.15) is 0 Å². The van der Waals surface area contributed by atoms with Gasteiger partial charge in [0.05, 0.1) is 4.88 Å². The van der Waals surface area contributed by atoms with E-state index in [-0.39, 0.29) is 5.91 Å². The Morgan fingerprint density at radius 2 is 1.91 bits per heavy atom. The van der Waals surface area contributed by atoms with E-state index in [1.54, 1.807) is 0 Å². The van der Waals surface area contributed by atoms with Gasteiger partial charge in [-0.15, -0.1) is 11.3 Å². The summed E-state index contributed by atoms with van der Waals surface area (Å²) >= 11 is 1.52. The van der Waals surface area contributed by atoms with Gasteiger partial charge in [-0.25, -0.2) is 0 Å². The molecule has 0 atom stereocenters. The van der Waals surface area contributed by atoms with Gasteiger partial charge in [0.15, 0.2) is 0 Å². The first-order valence-electron chi connectivity index (χ1n) is 7.06. The van der Waals surface area contributed by atoms with E-state index in [0.717, 1.165) is 26.2 Å². The first-order valence-corrected chi connectivity index (χ1v) is 7.87. The SMILES string of the molecule is Cn1ccc2ccc(NC(=O)c3cc4ccccc4s3)cc21. The molecule has 4 rings (SSSR count). The van der Waals surface area contributed by atoms with Crippen LogP contribution in [0.4, 0.5) is 5.69 Å². The van der Waals surface area contributed by atoms with Crippen LogP contribution in [0.2, 0.25) is 0 Å². The van der Waals surface area contributed by atoms with Gasteiger partial charge in [0.1, 0.15) is 0 Å². The van der Waals surface area contributed by atoms with Crippen molar-refractivity contribution < 1.29 is 4.79 Å². The molecule has 3 nitrogen and oxygen atoms in total. The molecule has 0 radical (unpaired) electrons. The average molecular weight is 306 g/mol. The Balaban J connectivity index is 1.66. The molecule has 1 N–H and O–H groups in total. The molecule has 0 aliphatic heterocycles. The van der Waals surface area contributed by atoms with Gasteiger partial charge in [-0.05, 0) is 41.1 Å². The Bertz CT molecular complexity index is 964. The Hall–Kier alpha value is -2.59. The van der Waals surface area contributed by atoms with Crippen molar-refractivity contribution in [3.05, 3.63) is 65.7 Å². The van der Waals surface area contributed by atoms with Gasteiger partial charge in [-0.3, -0.25) is 4.79 Å². The highest BCUT2D eigenvalue weighted by Crippen LogP contribution is 2.26. The minimum atomic E-state index is -0.0604. The van der Waals surface area contributed by atoms with E-state index < -0.39 is 0 Å². The summed E-state index contributed by atoms with van der Waals surface area (Å²) in [6, 6.07) is 18.0. The molecule has 0 unspecified atom stereocenters. The van der Waals surface area contributed by atoms with Crippen LogP contribution in [-0.2, 0) is 7.05 Å². The highest BCUT2D eigenvalue weighted by molar-refractivity contribution is 7.20. The maximum Gasteiger partial charge on any atom is 0.265 e. The second-order valence-electron chi connectivity index (χ2n) is 5.30. The third-order valence-corrected chi connectivity index (χ3v) is 4.91. The smallest absolute Gasteiger partial charge is 0.265 e. The number of carbonyl (C=O) groups excluding carboxylic acids is 1. The van der Waals surface area contributed by atoms with E-state index in [1.807, 2.05) is 66.3 Å². The topological polar surface area (TPSA) is 34.0 Å². The van der Waals surface area contributed by atoms with Crippen molar-refractivity contribution in [2.75, 3.05) is 5.32 Å². The minimum Gasteiger partial charge on any atom is -0.350 e. The fourth-order valence-electron chi connectivity index (χ4n) is 2.63. The molecule has 4 aromatic rings. The van der Waals surface area contributed by atoms with Crippen molar-refractivity contribution >= 4 is 43.9 Å². The molecule has 1 amide bonds. The van der Waals surface area contributed by atoms with E-state index in [9.17, 15) is 4.79 Å². The second-order valence-corrected chi connectivity index (χ2v) is 6.39. The zero-order valence-electron chi connectivity index (χ0n) is 12.0. The number of fused-ring (bicyclic) bond motifs is 2. The van der Waals surface area contributed by atoms with Crippen molar-refractivity contribution in [2.24, 2.45) is 7.05 Å². The predicted molar refractivity (Wildman–Crippen MR) is 92.7 cm³/mol. The minimum absolute atomic E-state index is 0.0604. The normalized spacial score (nSPS) is 11.1. The van der Waals surface area contributed by atoms with E-state index in [4.69, 9.17) is 0 Å². The molecule has 0 aliphatic carbocycles. The molecule has 0 aliphatic rings. The first-order chi connectivity index (χ1) is 10.7. The molecule has 22 heavy (non-hydrogen) atoms. The monoisotopic (exact) mass is 306 g/mol. The number of benzene rings is 2. The molecule has 4 heteroatoms. The molecule has 108 valence electrons. The van der Waals surface area contributed by atoms with Crippen LogP contribution >= 0.6 is 11.3 Å². The highest BCUT2D eigenvalue weighted by atomic mass is 32.1. The van der Waals surface area contributed by atoms with Crippen LogP contribution in [0.1, 0.15) is 9.67 Å². The maximum atomic E-state index is 12.4. The number of carbonyl (C=O) groups is 1. The largest absolute Gasteiger partial charge is 0.350 e. The number of aromatic nitrogens is 1. The van der Waals surface area contributed by atoms with Gasteiger partial charge in [-0.1, -0.05) is 24.3 Å². The summed E-state index contributed by atoms with van der Waals surface area (Å²) in [6.45, 7) is 0. The van der Waals surface area contributed by atoms with E-state index in [2.05, 4.69) is 11.4 Å². The number of hydrogen-bond acceptors (Lipinski definition) is 2. The molecule has 2 aromatic carbocycles. The van der Waals surface area contributed by atoms with Gasteiger partial charge in [0.25, 0.3) is 5.91 Å². The summed E-state index contributed by atoms with van der Waals surface area (Å²) in [7, 11) is 2.00. The van der Waals surface area contributed by atoms with E-state index in [1.165, 1.54) is 16.7 Å². The number of thiophene rings is 1. The lowest BCUT2D eigenvalue weighted by atomic mass is 10.2. The van der Waals surface area contributed by atoms with Crippen LogP contribution in [0, 0.1) is 0 Å². The van der Waals surface area contributed by atoms with Crippen LogP contribution < -0.4 is 5.32 Å². The standard InChI is InChI=1S/C18H14N2OS/c1-20-9-8-12-6-7-14(11-15(12)20)19-18(21)17-10-13-4-2-3-5-16(13)22-17/h2-11H,1H3,(H,19,21). The van der Waals surface area contributed by atoms with Gasteiger partial charge in [0, 0.05) is 29.1 Å². The molecular weight excluding hydrogens is 292 g/mol. The fourth-order valence-corrected chi connectivity index (χ4v) is 3.58. The van der Waals surface area contributed by atoms with Crippen LogP contribution in [0.15, 0.2) is 60.8 Å². The molecule has 2 aromatic heterocycles. The lowest BCUT2D eigenvalue weighted by Gasteiger charge is -2.04. The summed E-state index contributed by atoms with van der Waals surface area (Å²) < 4.78 is 3.18. The van der Waals surface area contributed by atoms with Gasteiger partial charge in [0.2, 0.25) is 0 Å². The van der Waals surface area contributed by atoms with Crippen molar-refractivity contribution in [2.45, 2.75) is 0 Å². The molecule has 0 fully saturated rings. The molecule has 0 saturated carbocycles. The Morgan fingerprint density at radius 1 is 1.05 bits per heavy atom. The first kappa shape index (κ1) is 13.1. The summed E-state index contributed by atoms with van der Waals surface area (Å²) in [6.07, 6.45) is 2.02. The van der Waals surface area contributed by atoms with Crippen molar-refractivity contribution in [1.82, 2.24) is 4.57 Å². The summed E-state index contributed by atoms with van der Waals surface area (Å²) in [4.78, 5) is 13.2. The van der Waals surface area contributed by atoms with Crippen molar-refractivity contribution in [1.29, 1.82) is 0 Å². The van der Waals surface area contributed by atoms with Crippen LogP contribution in [0.3, 0.4) is 0 Å². The number of anilines is 1. The van der Waals surface area contributed by atoms with Gasteiger partial charge >= 0.3 is 0 Å². The zero-order valence-corrected chi connectivity index (χ0v) is 12.9. The number of nitrogens with one attached hydrogen (secondary N) is 1. The Kier molecular flexibility index (Phi) is 2.98. The molecule has 0 bridgehead atoms. The average Bonchev–Trinajstić information content (AvgIpc) is 3.11. The summed E-state index contributed by atoms with van der Waals surface area (Å²) in [5, 5.41) is 5.26. The number of amides is 1. The fraction of sp³-hybridized carbons (Fsp3) is 0.0556. The Labute approximate surface area is 131 Å². The Morgan fingerprint density at radius 3 is 2.77 bits per heavy atom. The maximum absolute atomic E-state index is 12.4. The van der Waals surface area contributed by atoms with E-state index in [0.29, 0.717) is 0 Å². The van der Waals surface area contributed by atoms with Crippen LogP contribution in [-0.4, -0.2) is 10.5 Å². The van der Waals surface area contributed by atoms with Crippen molar-refractivity contribution in [3.8, 4) is 0 Å². The number of nitrogens with zero attached hydrogens (tertiary/aromatic N) is 1. The van der Waals surface area contributed by atoms with E-state index >= 15 is 0 Å². The van der Waals surface area contributed by atoms with Gasteiger partial charge < -0.3 is 9.88 Å². The molecular formula is C18H14N2OS. The summed E-state index contributed by atoms with van der Waals surface area (Å²) in [5.74, 6) is -0.0604. The number of hydrogen-bond donors (Lipinski definition) is 1. The lowest BCUT2D eigenvalue weighted by molar-refractivity contribution is 0.103. The van der Waals surface area contributed by atoms with Crippen LogP contribution in [0.5, 0.6) is 0 Å². The lowest BCUT2D eigenvalue weighted by Crippen LogP contribution is -2.09. The summed E-state index contributed by atoms with van der Waals surface area (Å²) in [5.41, 5.74) is 1.92. The second kappa shape index (κ2) is 5.00. The molecule has 2 heterocycles. The highest BCUT2D eigenvalue weighted by Gasteiger charge is 2.11. The molecule has 0 saturated heterocycles. The predicted octanol–water partition coefficient (Wildman–Crippen LogP) is 4.65. The number of rotatable bonds is 2. The molecule has 0 spiro atoms. The zero-order chi connectivity index (χ0) is 15.1. The quantitative estimate of drug-likeness (QED) is 0.575.